The van der Waals surface area contributed by atoms with Gasteiger partial charge in [0.15, 0.2) is 0 Å². The van der Waals surface area contributed by atoms with E-state index in [1.165, 1.54) is 39.0 Å². The average molecular weight is 270 g/mol. The van der Waals surface area contributed by atoms with E-state index in [0.717, 1.165) is 17.5 Å². The molecule has 0 aromatic carbocycles. The Hall–Kier alpha value is 0.230. The first kappa shape index (κ1) is 13.2. The van der Waals surface area contributed by atoms with Crippen LogP contribution >= 0.6 is 0 Å². The minimum Gasteiger partial charge on any atom is -0.616 e. The minimum absolute atomic E-state index is 0.334. The SMILES string of the molecule is CC(C)(C)N1CC(N2CC3(CC[S+]([O-])CC3)C2)C1. The van der Waals surface area contributed by atoms with E-state index >= 15 is 0 Å². The fourth-order valence-electron chi connectivity index (χ4n) is 3.51. The number of nitrogens with zero attached hydrogens (tertiary/aromatic N) is 2. The quantitative estimate of drug-likeness (QED) is 0.673. The highest BCUT2D eigenvalue weighted by Crippen LogP contribution is 2.43. The molecule has 3 aliphatic rings. The second-order valence-electron chi connectivity index (χ2n) is 7.48. The molecule has 0 amide bonds. The summed E-state index contributed by atoms with van der Waals surface area (Å²) < 4.78 is 11.4. The van der Waals surface area contributed by atoms with Crippen molar-refractivity contribution in [1.82, 2.24) is 9.80 Å². The van der Waals surface area contributed by atoms with Gasteiger partial charge < -0.3 is 4.55 Å². The molecule has 0 aromatic heterocycles. The molecule has 3 aliphatic heterocycles. The van der Waals surface area contributed by atoms with E-state index < -0.39 is 11.2 Å². The van der Waals surface area contributed by atoms with E-state index in [9.17, 15) is 4.55 Å². The Kier molecular flexibility index (Phi) is 3.21. The summed E-state index contributed by atoms with van der Waals surface area (Å²) >= 11 is -0.509. The van der Waals surface area contributed by atoms with E-state index in [-0.39, 0.29) is 0 Å². The smallest absolute Gasteiger partial charge is 0.106 e. The van der Waals surface area contributed by atoms with Gasteiger partial charge in [-0.25, -0.2) is 0 Å². The molecule has 0 aliphatic carbocycles. The summed E-state index contributed by atoms with van der Waals surface area (Å²) in [7, 11) is 0. The molecule has 3 rings (SSSR count). The van der Waals surface area contributed by atoms with Gasteiger partial charge in [-0.15, -0.1) is 0 Å². The van der Waals surface area contributed by atoms with Crippen LogP contribution in [0.2, 0.25) is 0 Å². The van der Waals surface area contributed by atoms with Gasteiger partial charge in [0.1, 0.15) is 11.5 Å². The Balaban J connectivity index is 1.44. The third kappa shape index (κ3) is 2.33. The van der Waals surface area contributed by atoms with Gasteiger partial charge in [0.05, 0.1) is 0 Å². The van der Waals surface area contributed by atoms with Crippen molar-refractivity contribution in [3.8, 4) is 0 Å². The van der Waals surface area contributed by atoms with Gasteiger partial charge in [0, 0.05) is 56.0 Å². The molecule has 3 nitrogen and oxygen atoms in total. The number of hydrogen-bond acceptors (Lipinski definition) is 3. The third-order valence-corrected chi connectivity index (χ3v) is 6.44. The van der Waals surface area contributed by atoms with Crippen LogP contribution in [0.25, 0.3) is 0 Å². The molecule has 18 heavy (non-hydrogen) atoms. The van der Waals surface area contributed by atoms with Crippen molar-refractivity contribution in [1.29, 1.82) is 0 Å². The topological polar surface area (TPSA) is 29.5 Å². The van der Waals surface area contributed by atoms with E-state index in [1.807, 2.05) is 0 Å². The molecule has 0 N–H and O–H groups in total. The maximum Gasteiger partial charge on any atom is 0.106 e. The van der Waals surface area contributed by atoms with Crippen LogP contribution in [0, 0.1) is 5.41 Å². The lowest BCUT2D eigenvalue weighted by molar-refractivity contribution is -0.104. The molecule has 4 heteroatoms. The van der Waals surface area contributed by atoms with Gasteiger partial charge in [0.25, 0.3) is 0 Å². The van der Waals surface area contributed by atoms with Gasteiger partial charge in [-0.2, -0.15) is 0 Å². The van der Waals surface area contributed by atoms with Gasteiger partial charge in [-0.3, -0.25) is 9.80 Å². The minimum atomic E-state index is -0.509. The Bertz CT molecular complexity index is 306. The average Bonchev–Trinajstić information content (AvgIpc) is 2.14. The Morgan fingerprint density at radius 3 is 2.17 bits per heavy atom. The highest BCUT2D eigenvalue weighted by molar-refractivity contribution is 7.91. The van der Waals surface area contributed by atoms with Crippen LogP contribution in [-0.4, -0.2) is 63.6 Å². The highest BCUT2D eigenvalue weighted by Gasteiger charge is 2.51. The number of hydrogen-bond donors (Lipinski definition) is 0. The van der Waals surface area contributed by atoms with Crippen LogP contribution in [0.4, 0.5) is 0 Å². The van der Waals surface area contributed by atoms with Gasteiger partial charge in [0.2, 0.25) is 0 Å². The van der Waals surface area contributed by atoms with Crippen molar-refractivity contribution in [2.75, 3.05) is 37.7 Å². The summed E-state index contributed by atoms with van der Waals surface area (Å²) in [5.41, 5.74) is 0.886. The number of rotatable bonds is 1. The fourth-order valence-corrected chi connectivity index (χ4v) is 5.04. The lowest BCUT2D eigenvalue weighted by Crippen LogP contribution is -2.71. The standard InChI is InChI=1S/C14H26N2OS/c1-13(2,3)16-8-12(9-16)15-10-14(11-15)4-6-18(17)7-5-14/h12H,4-11H2,1-3H3. The van der Waals surface area contributed by atoms with E-state index in [0.29, 0.717) is 11.0 Å². The predicted molar refractivity (Wildman–Crippen MR) is 76.2 cm³/mol. The van der Waals surface area contributed by atoms with Crippen molar-refractivity contribution in [3.05, 3.63) is 0 Å². The maximum absolute atomic E-state index is 11.4. The van der Waals surface area contributed by atoms with Crippen LogP contribution in [0.1, 0.15) is 33.6 Å². The van der Waals surface area contributed by atoms with E-state index in [4.69, 9.17) is 0 Å². The summed E-state index contributed by atoms with van der Waals surface area (Å²) in [6.07, 6.45) is 2.40. The largest absolute Gasteiger partial charge is 0.616 e. The first-order valence-electron chi connectivity index (χ1n) is 7.22. The summed E-state index contributed by atoms with van der Waals surface area (Å²) in [6.45, 7) is 11.9. The van der Waals surface area contributed by atoms with Crippen LogP contribution in [0.5, 0.6) is 0 Å². The van der Waals surface area contributed by atoms with Crippen molar-refractivity contribution >= 4 is 11.2 Å². The molecule has 0 atom stereocenters. The molecule has 3 heterocycles. The maximum atomic E-state index is 11.4. The molecule has 0 radical (unpaired) electrons. The molecule has 0 aromatic rings. The van der Waals surface area contributed by atoms with E-state index in [2.05, 4.69) is 30.6 Å². The lowest BCUT2D eigenvalue weighted by atomic mass is 9.73. The summed E-state index contributed by atoms with van der Waals surface area (Å²) in [5, 5.41) is 0. The number of likely N-dealkylation sites (tertiary alicyclic amines) is 2. The van der Waals surface area contributed by atoms with E-state index in [1.54, 1.807) is 0 Å². The third-order valence-electron chi connectivity index (χ3n) is 5.12. The van der Waals surface area contributed by atoms with Crippen LogP contribution in [0.3, 0.4) is 0 Å². The molecule has 3 fully saturated rings. The van der Waals surface area contributed by atoms with Gasteiger partial charge >= 0.3 is 0 Å². The van der Waals surface area contributed by atoms with Crippen LogP contribution < -0.4 is 0 Å². The summed E-state index contributed by atoms with van der Waals surface area (Å²) in [6, 6.07) is 0.794. The van der Waals surface area contributed by atoms with Crippen molar-refractivity contribution < 1.29 is 4.55 Å². The first-order chi connectivity index (χ1) is 8.38. The van der Waals surface area contributed by atoms with Crippen LogP contribution in [0.15, 0.2) is 0 Å². The zero-order valence-electron chi connectivity index (χ0n) is 11.9. The van der Waals surface area contributed by atoms with Gasteiger partial charge in [-0.05, 0) is 20.8 Å². The van der Waals surface area contributed by atoms with Crippen molar-refractivity contribution in [2.45, 2.75) is 45.2 Å². The second-order valence-corrected chi connectivity index (χ2v) is 9.18. The molecule has 104 valence electrons. The summed E-state index contributed by atoms with van der Waals surface area (Å²) in [4.78, 5) is 5.23. The predicted octanol–water partition coefficient (Wildman–Crippen LogP) is 1.31. The fraction of sp³-hybridized carbons (Fsp3) is 1.00. The molecule has 3 saturated heterocycles. The van der Waals surface area contributed by atoms with Gasteiger partial charge in [-0.1, -0.05) is 11.2 Å². The van der Waals surface area contributed by atoms with Crippen LogP contribution in [-0.2, 0) is 11.2 Å². The lowest BCUT2D eigenvalue weighted by Gasteiger charge is -2.60. The molecule has 1 spiro atoms. The van der Waals surface area contributed by atoms with Crippen molar-refractivity contribution in [2.24, 2.45) is 5.41 Å². The molecule has 0 unspecified atom stereocenters. The monoisotopic (exact) mass is 270 g/mol. The zero-order valence-corrected chi connectivity index (χ0v) is 12.8. The zero-order chi connectivity index (χ0) is 13.0. The summed E-state index contributed by atoms with van der Waals surface area (Å²) in [5.74, 6) is 1.90. The molecule has 0 bridgehead atoms. The van der Waals surface area contributed by atoms with Crippen molar-refractivity contribution in [3.63, 3.8) is 0 Å². The Morgan fingerprint density at radius 1 is 1.11 bits per heavy atom. The molecular weight excluding hydrogens is 244 g/mol. The Labute approximate surface area is 114 Å². The second kappa shape index (κ2) is 4.37. The first-order valence-corrected chi connectivity index (χ1v) is 8.71. The Morgan fingerprint density at radius 2 is 1.67 bits per heavy atom. The normalized spacial score (nSPS) is 31.3. The molecule has 0 saturated carbocycles. The molecular formula is C14H26N2OS. The highest BCUT2D eigenvalue weighted by atomic mass is 32.2.